The van der Waals surface area contributed by atoms with Crippen molar-refractivity contribution in [2.45, 2.75) is 32.2 Å². The number of H-pyrrole nitrogens is 1. The van der Waals surface area contributed by atoms with Gasteiger partial charge in [0.15, 0.2) is 0 Å². The second-order valence-electron chi connectivity index (χ2n) is 7.79. The van der Waals surface area contributed by atoms with E-state index in [-0.39, 0.29) is 5.91 Å². The van der Waals surface area contributed by atoms with Gasteiger partial charge in [0.05, 0.1) is 6.04 Å². The van der Waals surface area contributed by atoms with Gasteiger partial charge >= 0.3 is 0 Å². The second kappa shape index (κ2) is 5.92. The molecule has 0 bridgehead atoms. The molecule has 1 aromatic heterocycles. The zero-order chi connectivity index (χ0) is 16.8. The van der Waals surface area contributed by atoms with E-state index < -0.39 is 0 Å². The van der Waals surface area contributed by atoms with Gasteiger partial charge in [-0.05, 0) is 36.3 Å². The molecule has 3 unspecified atom stereocenters. The van der Waals surface area contributed by atoms with Gasteiger partial charge in [-0.3, -0.25) is 9.69 Å². The Morgan fingerprint density at radius 2 is 2.12 bits per heavy atom. The molecule has 24 heavy (non-hydrogen) atoms. The highest BCUT2D eigenvalue weighted by molar-refractivity contribution is 5.85. The maximum atomic E-state index is 12.2. The highest BCUT2D eigenvalue weighted by Gasteiger charge is 2.39. The lowest BCUT2D eigenvalue weighted by atomic mass is 9.77. The van der Waals surface area contributed by atoms with E-state index in [9.17, 15) is 4.79 Å². The zero-order valence-electron chi connectivity index (χ0n) is 14.9. The highest BCUT2D eigenvalue weighted by Crippen LogP contribution is 2.43. The average molecular weight is 325 g/mol. The predicted molar refractivity (Wildman–Crippen MR) is 96.9 cm³/mol. The van der Waals surface area contributed by atoms with E-state index in [1.165, 1.54) is 22.2 Å². The predicted octanol–water partition coefficient (Wildman–Crippen LogP) is 3.20. The van der Waals surface area contributed by atoms with Gasteiger partial charge in [-0.15, -0.1) is 0 Å². The van der Waals surface area contributed by atoms with Crippen LogP contribution >= 0.6 is 0 Å². The second-order valence-corrected chi connectivity index (χ2v) is 7.79. The maximum absolute atomic E-state index is 12.2. The number of amides is 1. The van der Waals surface area contributed by atoms with Gasteiger partial charge in [-0.1, -0.05) is 25.1 Å². The van der Waals surface area contributed by atoms with Crippen LogP contribution in [0, 0.1) is 11.8 Å². The van der Waals surface area contributed by atoms with Crippen molar-refractivity contribution < 1.29 is 4.79 Å². The lowest BCUT2D eigenvalue weighted by molar-refractivity contribution is -0.130. The van der Waals surface area contributed by atoms with Crippen molar-refractivity contribution in [2.75, 3.05) is 27.2 Å². The van der Waals surface area contributed by atoms with Crippen LogP contribution in [0.25, 0.3) is 10.9 Å². The fourth-order valence-corrected chi connectivity index (χ4v) is 4.58. The summed E-state index contributed by atoms with van der Waals surface area (Å²) in [6.45, 7) is 4.55. The number of rotatable bonds is 2. The van der Waals surface area contributed by atoms with Crippen molar-refractivity contribution in [2.24, 2.45) is 11.8 Å². The summed E-state index contributed by atoms with van der Waals surface area (Å²) in [7, 11) is 3.72. The first-order valence-corrected chi connectivity index (χ1v) is 9.08. The number of aromatic nitrogens is 1. The molecule has 2 aliphatic heterocycles. The molecule has 3 atom stereocenters. The van der Waals surface area contributed by atoms with Gasteiger partial charge in [0.2, 0.25) is 5.91 Å². The molecular weight excluding hydrogens is 298 g/mol. The number of nitrogens with zero attached hydrogens (tertiary/aromatic N) is 2. The van der Waals surface area contributed by atoms with Gasteiger partial charge in [0.1, 0.15) is 0 Å². The van der Waals surface area contributed by atoms with Crippen LogP contribution in [-0.2, 0) is 11.2 Å². The Bertz CT molecular complexity index is 763. The van der Waals surface area contributed by atoms with E-state index in [4.69, 9.17) is 0 Å². The lowest BCUT2D eigenvalue weighted by Crippen LogP contribution is -2.46. The quantitative estimate of drug-likeness (QED) is 0.921. The first-order chi connectivity index (χ1) is 11.5. The smallest absolute Gasteiger partial charge is 0.222 e. The van der Waals surface area contributed by atoms with Crippen molar-refractivity contribution >= 4 is 16.8 Å². The molecule has 1 N–H and O–H groups in total. The Morgan fingerprint density at radius 3 is 2.92 bits per heavy atom. The number of aromatic amines is 1. The number of fused-ring (bicyclic) bond motifs is 5. The fourth-order valence-electron chi connectivity index (χ4n) is 4.58. The molecule has 1 fully saturated rings. The Morgan fingerprint density at radius 1 is 1.33 bits per heavy atom. The average Bonchev–Trinajstić information content (AvgIpc) is 2.94. The van der Waals surface area contributed by atoms with E-state index >= 15 is 0 Å². The van der Waals surface area contributed by atoms with Gasteiger partial charge in [-0.25, -0.2) is 0 Å². The molecular formula is C20H27N3O. The summed E-state index contributed by atoms with van der Waals surface area (Å²) in [6, 6.07) is 9.08. The molecule has 0 saturated carbocycles. The summed E-state index contributed by atoms with van der Waals surface area (Å²) in [5, 5.41) is 1.38. The third kappa shape index (κ3) is 2.53. The van der Waals surface area contributed by atoms with E-state index in [1.54, 1.807) is 4.90 Å². The summed E-state index contributed by atoms with van der Waals surface area (Å²) in [4.78, 5) is 20.3. The molecule has 1 saturated heterocycles. The van der Waals surface area contributed by atoms with E-state index in [2.05, 4.69) is 41.1 Å². The number of benzene rings is 1. The van der Waals surface area contributed by atoms with Crippen molar-refractivity contribution in [3.8, 4) is 0 Å². The van der Waals surface area contributed by atoms with Crippen molar-refractivity contribution in [1.82, 2.24) is 14.8 Å². The molecule has 128 valence electrons. The van der Waals surface area contributed by atoms with Crippen LogP contribution in [0.1, 0.15) is 37.1 Å². The number of carbonyl (C=O) groups is 1. The van der Waals surface area contributed by atoms with Gasteiger partial charge in [0.25, 0.3) is 0 Å². The number of para-hydroxylation sites is 1. The minimum absolute atomic E-state index is 0.257. The van der Waals surface area contributed by atoms with E-state index in [0.29, 0.717) is 24.3 Å². The number of hydrogen-bond acceptors (Lipinski definition) is 2. The molecule has 0 spiro atoms. The Balaban J connectivity index is 1.64. The molecule has 1 aromatic carbocycles. The first kappa shape index (κ1) is 15.7. The summed E-state index contributed by atoms with van der Waals surface area (Å²) < 4.78 is 0. The highest BCUT2D eigenvalue weighted by atomic mass is 16.2. The van der Waals surface area contributed by atoms with Crippen molar-refractivity contribution in [3.05, 3.63) is 35.5 Å². The summed E-state index contributed by atoms with van der Waals surface area (Å²) in [5.74, 6) is 1.31. The Labute approximate surface area is 143 Å². The third-order valence-electron chi connectivity index (χ3n) is 6.06. The number of nitrogens with one attached hydrogen (secondary N) is 1. The van der Waals surface area contributed by atoms with Gasteiger partial charge < -0.3 is 9.88 Å². The molecule has 3 heterocycles. The Hall–Kier alpha value is -1.81. The third-order valence-corrected chi connectivity index (χ3v) is 6.06. The van der Waals surface area contributed by atoms with E-state index in [1.807, 2.05) is 14.1 Å². The standard InChI is InChI=1S/C20H27N3O/c1-13-12-23-9-8-16-15-6-4-5-7-17(15)21-20(16)18(23)10-14(13)11-19(24)22(2)3/h4-7,13-14,18,21H,8-12H2,1-3H3. The van der Waals surface area contributed by atoms with Gasteiger partial charge in [-0.2, -0.15) is 0 Å². The van der Waals surface area contributed by atoms with Crippen LogP contribution in [0.2, 0.25) is 0 Å². The lowest BCUT2D eigenvalue weighted by Gasteiger charge is -2.45. The maximum Gasteiger partial charge on any atom is 0.222 e. The SMILES string of the molecule is CC1CN2CCc3c([nH]c4ccccc34)C2CC1CC(=O)N(C)C. The monoisotopic (exact) mass is 325 g/mol. The summed E-state index contributed by atoms with van der Waals surface area (Å²) in [5.41, 5.74) is 4.15. The van der Waals surface area contributed by atoms with Crippen LogP contribution in [0.4, 0.5) is 0 Å². The molecule has 4 rings (SSSR count). The van der Waals surface area contributed by atoms with E-state index in [0.717, 1.165) is 25.9 Å². The van der Waals surface area contributed by atoms with Crippen LogP contribution in [0.3, 0.4) is 0 Å². The normalized spacial score (nSPS) is 26.9. The molecule has 0 radical (unpaired) electrons. The number of piperidine rings is 1. The molecule has 2 aliphatic rings. The minimum atomic E-state index is 0.257. The molecule has 1 amide bonds. The van der Waals surface area contributed by atoms with Crippen LogP contribution in [0.15, 0.2) is 24.3 Å². The first-order valence-electron chi connectivity index (χ1n) is 9.08. The number of carbonyl (C=O) groups excluding carboxylic acids is 1. The molecule has 2 aromatic rings. The van der Waals surface area contributed by atoms with Crippen molar-refractivity contribution in [3.63, 3.8) is 0 Å². The van der Waals surface area contributed by atoms with Crippen molar-refractivity contribution in [1.29, 1.82) is 0 Å². The largest absolute Gasteiger partial charge is 0.357 e. The summed E-state index contributed by atoms with van der Waals surface area (Å²) >= 11 is 0. The fraction of sp³-hybridized carbons (Fsp3) is 0.550. The molecule has 4 nitrogen and oxygen atoms in total. The summed E-state index contributed by atoms with van der Waals surface area (Å²) in [6.07, 6.45) is 2.89. The Kier molecular flexibility index (Phi) is 3.87. The van der Waals surface area contributed by atoms with Crippen LogP contribution in [-0.4, -0.2) is 47.9 Å². The topological polar surface area (TPSA) is 39.3 Å². The van der Waals surface area contributed by atoms with Crippen LogP contribution < -0.4 is 0 Å². The molecule has 4 heteroatoms. The number of hydrogen-bond donors (Lipinski definition) is 1. The van der Waals surface area contributed by atoms with Crippen LogP contribution in [0.5, 0.6) is 0 Å². The molecule has 0 aliphatic carbocycles. The van der Waals surface area contributed by atoms with Gasteiger partial charge in [0, 0.05) is 50.2 Å². The zero-order valence-corrected chi connectivity index (χ0v) is 14.9. The minimum Gasteiger partial charge on any atom is -0.357 e.